The normalized spacial score (nSPS) is 10.6. The zero-order chi connectivity index (χ0) is 13.1. The summed E-state index contributed by atoms with van der Waals surface area (Å²) >= 11 is 1.30. The lowest BCUT2D eigenvalue weighted by Gasteiger charge is -2.04. The van der Waals surface area contributed by atoms with Crippen LogP contribution in [0.15, 0.2) is 28.6 Å². The molecule has 0 fully saturated rings. The molecule has 0 radical (unpaired) electrons. The van der Waals surface area contributed by atoms with Crippen molar-refractivity contribution in [2.45, 2.75) is 23.5 Å². The van der Waals surface area contributed by atoms with E-state index >= 15 is 0 Å². The molecule has 2 aromatic rings. The number of aromatic nitrogens is 4. The quantitative estimate of drug-likeness (QED) is 0.903. The van der Waals surface area contributed by atoms with Gasteiger partial charge in [0.05, 0.1) is 5.56 Å². The highest BCUT2D eigenvalue weighted by molar-refractivity contribution is 7.99. The average Bonchev–Trinajstić information content (AvgIpc) is 2.74. The third-order valence-corrected chi connectivity index (χ3v) is 3.30. The molecule has 2 rings (SSSR count). The molecule has 2 heterocycles. The molecular formula is C11H12N4O2S. The van der Waals surface area contributed by atoms with Crippen LogP contribution in [0.25, 0.3) is 0 Å². The number of pyridine rings is 1. The topological polar surface area (TPSA) is 80.9 Å². The number of nitrogens with zero attached hydrogens (tertiary/aromatic N) is 4. The van der Waals surface area contributed by atoms with Gasteiger partial charge in [-0.2, -0.15) is 5.10 Å². The number of rotatable bonds is 4. The lowest BCUT2D eigenvalue weighted by atomic mass is 10.2. The number of hydrogen-bond acceptors (Lipinski definition) is 5. The largest absolute Gasteiger partial charge is 0.478 e. The summed E-state index contributed by atoms with van der Waals surface area (Å²) in [5, 5.41) is 14.3. The minimum absolute atomic E-state index is 0.242. The summed E-state index contributed by atoms with van der Waals surface area (Å²) in [4.78, 5) is 19.5. The summed E-state index contributed by atoms with van der Waals surface area (Å²) in [5.41, 5.74) is 0.992. The zero-order valence-electron chi connectivity index (χ0n) is 9.99. The highest BCUT2D eigenvalue weighted by Gasteiger charge is 2.11. The van der Waals surface area contributed by atoms with Gasteiger partial charge in [-0.3, -0.25) is 0 Å². The van der Waals surface area contributed by atoms with E-state index in [1.807, 2.05) is 6.92 Å². The molecule has 1 N–H and O–H groups in total. The molecule has 0 atom stereocenters. The first-order valence-corrected chi connectivity index (χ1v) is 6.18. The van der Waals surface area contributed by atoms with Gasteiger partial charge in [-0.15, -0.1) is 0 Å². The van der Waals surface area contributed by atoms with E-state index in [1.54, 1.807) is 23.9 Å². The molecule has 94 valence electrons. The number of hydrogen-bond donors (Lipinski definition) is 1. The fourth-order valence-corrected chi connectivity index (χ4v) is 2.20. The maximum atomic E-state index is 11.0. The lowest BCUT2D eigenvalue weighted by Crippen LogP contribution is -2.01. The summed E-state index contributed by atoms with van der Waals surface area (Å²) < 4.78 is 1.62. The fraction of sp³-hybridized carbons (Fsp3) is 0.273. The molecule has 0 aliphatic rings. The number of carboxylic acid groups (broad SMARTS) is 1. The summed E-state index contributed by atoms with van der Waals surface area (Å²) in [7, 11) is 1.77. The molecule has 18 heavy (non-hydrogen) atoms. The van der Waals surface area contributed by atoms with Gasteiger partial charge in [0.25, 0.3) is 0 Å². The van der Waals surface area contributed by atoms with Crippen molar-refractivity contribution in [3.8, 4) is 0 Å². The number of aromatic carboxylic acids is 1. The van der Waals surface area contributed by atoms with E-state index in [-0.39, 0.29) is 5.56 Å². The third-order valence-electron chi connectivity index (χ3n) is 2.33. The first-order chi connectivity index (χ1) is 8.60. The SMILES string of the molecule is CCc1cc(C(=O)O)cc(Sc2ncnn2C)n1. The Morgan fingerprint density at radius 1 is 1.50 bits per heavy atom. The van der Waals surface area contributed by atoms with Gasteiger partial charge in [-0.05, 0) is 30.3 Å². The molecule has 2 aromatic heterocycles. The van der Waals surface area contributed by atoms with Gasteiger partial charge in [-0.25, -0.2) is 19.4 Å². The van der Waals surface area contributed by atoms with E-state index in [1.165, 1.54) is 18.1 Å². The van der Waals surface area contributed by atoms with Crippen molar-refractivity contribution in [2.24, 2.45) is 7.05 Å². The number of carboxylic acids is 1. The average molecular weight is 264 g/mol. The Labute approximate surface area is 108 Å². The summed E-state index contributed by atoms with van der Waals surface area (Å²) in [6, 6.07) is 3.13. The Bertz CT molecular complexity index is 582. The van der Waals surface area contributed by atoms with Crippen LogP contribution in [0, 0.1) is 0 Å². The van der Waals surface area contributed by atoms with Crippen molar-refractivity contribution in [1.82, 2.24) is 19.7 Å². The van der Waals surface area contributed by atoms with E-state index in [2.05, 4.69) is 15.1 Å². The molecule has 0 saturated heterocycles. The smallest absolute Gasteiger partial charge is 0.335 e. The minimum Gasteiger partial charge on any atom is -0.478 e. The van der Waals surface area contributed by atoms with Crippen LogP contribution in [0.1, 0.15) is 23.0 Å². The first-order valence-electron chi connectivity index (χ1n) is 5.36. The predicted molar refractivity (Wildman–Crippen MR) is 65.7 cm³/mol. The predicted octanol–water partition coefficient (Wildman–Crippen LogP) is 1.62. The Kier molecular flexibility index (Phi) is 3.61. The van der Waals surface area contributed by atoms with Crippen molar-refractivity contribution in [1.29, 1.82) is 0 Å². The van der Waals surface area contributed by atoms with Crippen LogP contribution in [-0.4, -0.2) is 30.8 Å². The van der Waals surface area contributed by atoms with Gasteiger partial charge in [0.15, 0.2) is 5.16 Å². The third kappa shape index (κ3) is 2.67. The molecule has 0 amide bonds. The van der Waals surface area contributed by atoms with Crippen molar-refractivity contribution >= 4 is 17.7 Å². The van der Waals surface area contributed by atoms with Gasteiger partial charge in [0.2, 0.25) is 0 Å². The Morgan fingerprint density at radius 3 is 2.83 bits per heavy atom. The van der Waals surface area contributed by atoms with Crippen molar-refractivity contribution in [2.75, 3.05) is 0 Å². The summed E-state index contributed by atoms with van der Waals surface area (Å²) in [5.74, 6) is -0.952. The Morgan fingerprint density at radius 2 is 2.28 bits per heavy atom. The Hall–Kier alpha value is -1.89. The van der Waals surface area contributed by atoms with Crippen LogP contribution in [0.4, 0.5) is 0 Å². The summed E-state index contributed by atoms with van der Waals surface area (Å²) in [6.45, 7) is 1.94. The fourth-order valence-electron chi connectivity index (χ4n) is 1.39. The molecule has 0 aromatic carbocycles. The standard InChI is InChI=1S/C11H12N4O2S/c1-3-8-4-7(10(16)17)5-9(14-8)18-11-12-6-13-15(11)2/h4-6H,3H2,1-2H3,(H,16,17). The monoisotopic (exact) mass is 264 g/mol. The van der Waals surface area contributed by atoms with Crippen molar-refractivity contribution in [3.05, 3.63) is 29.7 Å². The van der Waals surface area contributed by atoms with Crippen LogP contribution in [0.3, 0.4) is 0 Å². The second-order valence-electron chi connectivity index (χ2n) is 3.61. The van der Waals surface area contributed by atoms with Crippen LogP contribution >= 0.6 is 11.8 Å². The second-order valence-corrected chi connectivity index (χ2v) is 4.60. The molecule has 0 aliphatic heterocycles. The molecule has 0 aliphatic carbocycles. The number of aryl methyl sites for hydroxylation is 2. The van der Waals surface area contributed by atoms with E-state index in [0.717, 1.165) is 5.69 Å². The molecule has 0 saturated carbocycles. The molecule has 0 spiro atoms. The molecular weight excluding hydrogens is 252 g/mol. The minimum atomic E-state index is -0.952. The molecule has 6 nitrogen and oxygen atoms in total. The first kappa shape index (κ1) is 12.6. The van der Waals surface area contributed by atoms with Crippen molar-refractivity contribution < 1.29 is 9.90 Å². The zero-order valence-corrected chi connectivity index (χ0v) is 10.8. The lowest BCUT2D eigenvalue weighted by molar-refractivity contribution is 0.0696. The van der Waals surface area contributed by atoms with E-state index in [0.29, 0.717) is 16.6 Å². The molecule has 0 unspecified atom stereocenters. The molecule has 0 bridgehead atoms. The maximum Gasteiger partial charge on any atom is 0.335 e. The van der Waals surface area contributed by atoms with Gasteiger partial charge in [0, 0.05) is 12.7 Å². The van der Waals surface area contributed by atoms with Gasteiger partial charge < -0.3 is 5.11 Å². The Balaban J connectivity index is 2.35. The van der Waals surface area contributed by atoms with Gasteiger partial charge in [-0.1, -0.05) is 6.92 Å². The van der Waals surface area contributed by atoms with Crippen LogP contribution < -0.4 is 0 Å². The highest BCUT2D eigenvalue weighted by atomic mass is 32.2. The van der Waals surface area contributed by atoms with Crippen LogP contribution in [0.5, 0.6) is 0 Å². The maximum absolute atomic E-state index is 11.0. The second kappa shape index (κ2) is 5.18. The van der Waals surface area contributed by atoms with Crippen molar-refractivity contribution in [3.63, 3.8) is 0 Å². The summed E-state index contributed by atoms with van der Waals surface area (Å²) in [6.07, 6.45) is 2.14. The molecule has 7 heteroatoms. The van der Waals surface area contributed by atoms with E-state index < -0.39 is 5.97 Å². The van der Waals surface area contributed by atoms with Gasteiger partial charge >= 0.3 is 5.97 Å². The highest BCUT2D eigenvalue weighted by Crippen LogP contribution is 2.24. The van der Waals surface area contributed by atoms with Crippen LogP contribution in [0.2, 0.25) is 0 Å². The van der Waals surface area contributed by atoms with E-state index in [9.17, 15) is 4.79 Å². The number of carbonyl (C=O) groups is 1. The van der Waals surface area contributed by atoms with Crippen LogP contribution in [-0.2, 0) is 13.5 Å². The van der Waals surface area contributed by atoms with E-state index in [4.69, 9.17) is 5.11 Å². The van der Waals surface area contributed by atoms with Gasteiger partial charge in [0.1, 0.15) is 11.4 Å².